The Kier molecular flexibility index (Phi) is 6.05. The van der Waals surface area contributed by atoms with Crippen LogP contribution >= 0.6 is 0 Å². The zero-order chi connectivity index (χ0) is 22.0. The minimum absolute atomic E-state index is 0.741. The lowest BCUT2D eigenvalue weighted by Crippen LogP contribution is -2.14. The first-order valence-electron chi connectivity index (χ1n) is 10.9. The van der Waals surface area contributed by atoms with Gasteiger partial charge in [-0.15, -0.1) is 0 Å². The number of aromatic nitrogens is 4. The molecule has 0 unspecified atom stereocenters. The van der Waals surface area contributed by atoms with Gasteiger partial charge in [0, 0.05) is 48.2 Å². The fraction of sp³-hybridized carbons (Fsp3) is 0.308. The zero-order valence-corrected chi connectivity index (χ0v) is 19.1. The third-order valence-corrected chi connectivity index (χ3v) is 5.83. The van der Waals surface area contributed by atoms with Crippen molar-refractivity contribution in [1.82, 2.24) is 24.9 Å². The van der Waals surface area contributed by atoms with Gasteiger partial charge in [0.1, 0.15) is 0 Å². The quantitative estimate of drug-likeness (QED) is 0.448. The average molecular weight is 414 g/mol. The molecule has 0 saturated carbocycles. The third-order valence-electron chi connectivity index (χ3n) is 5.83. The Morgan fingerprint density at radius 3 is 2.32 bits per heavy atom. The summed E-state index contributed by atoms with van der Waals surface area (Å²) in [4.78, 5) is 0. The van der Waals surface area contributed by atoms with Crippen LogP contribution in [0.15, 0.2) is 54.7 Å². The van der Waals surface area contributed by atoms with Crippen molar-refractivity contribution >= 4 is 0 Å². The molecule has 1 N–H and O–H groups in total. The van der Waals surface area contributed by atoms with Crippen molar-refractivity contribution in [2.45, 2.75) is 54.3 Å². The molecule has 5 heteroatoms. The average Bonchev–Trinajstić information content (AvgIpc) is 3.30. The molecule has 0 saturated heterocycles. The third kappa shape index (κ3) is 4.47. The molecule has 0 bridgehead atoms. The van der Waals surface area contributed by atoms with Crippen LogP contribution in [0.4, 0.5) is 0 Å². The van der Waals surface area contributed by atoms with Crippen molar-refractivity contribution in [3.63, 3.8) is 0 Å². The maximum Gasteiger partial charge on any atom is 0.0972 e. The molecule has 2 aromatic heterocycles. The van der Waals surface area contributed by atoms with Gasteiger partial charge < -0.3 is 5.32 Å². The first-order chi connectivity index (χ1) is 15.0. The van der Waals surface area contributed by atoms with E-state index in [9.17, 15) is 0 Å². The van der Waals surface area contributed by atoms with Crippen LogP contribution < -0.4 is 5.32 Å². The summed E-state index contributed by atoms with van der Waals surface area (Å²) in [6, 6.07) is 17.0. The Balaban J connectivity index is 1.62. The van der Waals surface area contributed by atoms with E-state index in [1.807, 2.05) is 4.68 Å². The van der Waals surface area contributed by atoms with Gasteiger partial charge >= 0.3 is 0 Å². The van der Waals surface area contributed by atoms with Crippen LogP contribution in [0.25, 0.3) is 16.9 Å². The topological polar surface area (TPSA) is 47.7 Å². The monoisotopic (exact) mass is 413 g/mol. The minimum Gasteiger partial charge on any atom is -0.308 e. The van der Waals surface area contributed by atoms with Crippen molar-refractivity contribution < 1.29 is 0 Å². The Hall–Kier alpha value is -3.18. The minimum atomic E-state index is 0.741. The highest BCUT2D eigenvalue weighted by Crippen LogP contribution is 2.25. The number of nitrogens with one attached hydrogen (secondary N) is 1. The second kappa shape index (κ2) is 8.90. The Morgan fingerprint density at radius 1 is 0.871 bits per heavy atom. The van der Waals surface area contributed by atoms with Gasteiger partial charge in [-0.25, -0.2) is 4.68 Å². The lowest BCUT2D eigenvalue weighted by molar-refractivity contribution is 0.630. The lowest BCUT2D eigenvalue weighted by Gasteiger charge is -2.07. The van der Waals surface area contributed by atoms with Crippen molar-refractivity contribution in [2.24, 2.45) is 0 Å². The molecule has 4 rings (SSSR count). The Morgan fingerprint density at radius 2 is 1.65 bits per heavy atom. The van der Waals surface area contributed by atoms with Crippen molar-refractivity contribution in [3.05, 3.63) is 88.4 Å². The first kappa shape index (κ1) is 21.1. The van der Waals surface area contributed by atoms with Gasteiger partial charge in [-0.2, -0.15) is 10.2 Å². The van der Waals surface area contributed by atoms with Crippen LogP contribution in [-0.4, -0.2) is 19.6 Å². The summed E-state index contributed by atoms with van der Waals surface area (Å²) < 4.78 is 4.06. The van der Waals surface area contributed by atoms with Crippen LogP contribution in [0, 0.1) is 27.7 Å². The van der Waals surface area contributed by atoms with Crippen LogP contribution in [0.2, 0.25) is 0 Å². The molecular weight excluding hydrogens is 382 g/mol. The van der Waals surface area contributed by atoms with Gasteiger partial charge in [0.05, 0.1) is 17.1 Å². The standard InChI is InChI=1S/C26H31N5/c1-6-30-21(5)25(20(4)28-30)16-27-15-23-17-31(24-12-10-18(2)11-13-24)29-26(23)22-9-7-8-19(3)14-22/h7-14,17,27H,6,15-16H2,1-5H3. The van der Waals surface area contributed by atoms with Gasteiger partial charge in [0.2, 0.25) is 0 Å². The summed E-state index contributed by atoms with van der Waals surface area (Å²) in [6.45, 7) is 13.0. The number of nitrogens with zero attached hydrogens (tertiary/aromatic N) is 4. The summed E-state index contributed by atoms with van der Waals surface area (Å²) in [5, 5.41) is 13.2. The van der Waals surface area contributed by atoms with Crippen LogP contribution in [0.3, 0.4) is 0 Å². The van der Waals surface area contributed by atoms with Gasteiger partial charge in [0.25, 0.3) is 0 Å². The summed E-state index contributed by atoms with van der Waals surface area (Å²) in [6.07, 6.45) is 2.14. The van der Waals surface area contributed by atoms with E-state index in [4.69, 9.17) is 5.10 Å². The van der Waals surface area contributed by atoms with Crippen LogP contribution in [0.5, 0.6) is 0 Å². The van der Waals surface area contributed by atoms with E-state index >= 15 is 0 Å². The number of benzene rings is 2. The van der Waals surface area contributed by atoms with Crippen molar-refractivity contribution in [3.8, 4) is 16.9 Å². The maximum atomic E-state index is 4.96. The van der Waals surface area contributed by atoms with Gasteiger partial charge in [-0.05, 0) is 52.8 Å². The van der Waals surface area contributed by atoms with Gasteiger partial charge in [-0.3, -0.25) is 4.68 Å². The SMILES string of the molecule is CCn1nc(C)c(CNCc2cn(-c3ccc(C)cc3)nc2-c2cccc(C)c2)c1C. The zero-order valence-electron chi connectivity index (χ0n) is 19.1. The highest BCUT2D eigenvalue weighted by atomic mass is 15.3. The molecule has 0 amide bonds. The summed E-state index contributed by atoms with van der Waals surface area (Å²) in [5.74, 6) is 0. The molecule has 31 heavy (non-hydrogen) atoms. The largest absolute Gasteiger partial charge is 0.308 e. The van der Waals surface area contributed by atoms with Crippen molar-refractivity contribution in [2.75, 3.05) is 0 Å². The van der Waals surface area contributed by atoms with E-state index in [0.29, 0.717) is 0 Å². The predicted molar refractivity (Wildman–Crippen MR) is 126 cm³/mol. The number of hydrogen-bond acceptors (Lipinski definition) is 3. The second-order valence-corrected chi connectivity index (χ2v) is 8.22. The van der Waals surface area contributed by atoms with Gasteiger partial charge in [-0.1, -0.05) is 41.5 Å². The molecule has 2 heterocycles. The molecule has 0 aliphatic heterocycles. The molecule has 160 valence electrons. The molecule has 2 aromatic carbocycles. The van der Waals surface area contributed by atoms with E-state index in [0.717, 1.165) is 42.3 Å². The van der Waals surface area contributed by atoms with Crippen LogP contribution in [-0.2, 0) is 19.6 Å². The summed E-state index contributed by atoms with van der Waals surface area (Å²) in [5.41, 5.74) is 10.5. The number of aryl methyl sites for hydroxylation is 4. The van der Waals surface area contributed by atoms with E-state index in [1.54, 1.807) is 0 Å². The summed E-state index contributed by atoms with van der Waals surface area (Å²) >= 11 is 0. The predicted octanol–water partition coefficient (Wildman–Crippen LogP) is 5.28. The molecule has 0 radical (unpaired) electrons. The second-order valence-electron chi connectivity index (χ2n) is 8.22. The van der Waals surface area contributed by atoms with E-state index in [-0.39, 0.29) is 0 Å². The molecule has 0 aliphatic carbocycles. The van der Waals surface area contributed by atoms with E-state index in [1.165, 1.54) is 27.9 Å². The highest BCUT2D eigenvalue weighted by molar-refractivity contribution is 5.64. The fourth-order valence-corrected chi connectivity index (χ4v) is 4.02. The van der Waals surface area contributed by atoms with E-state index < -0.39 is 0 Å². The van der Waals surface area contributed by atoms with E-state index in [2.05, 4.69) is 104 Å². The molecule has 0 aliphatic rings. The molecule has 5 nitrogen and oxygen atoms in total. The number of hydrogen-bond donors (Lipinski definition) is 1. The Bertz CT molecular complexity index is 1180. The molecule has 0 fully saturated rings. The van der Waals surface area contributed by atoms with Gasteiger partial charge in [0.15, 0.2) is 0 Å². The highest BCUT2D eigenvalue weighted by Gasteiger charge is 2.14. The fourth-order valence-electron chi connectivity index (χ4n) is 4.02. The normalized spacial score (nSPS) is 11.3. The molecule has 0 spiro atoms. The molecule has 4 aromatic rings. The summed E-state index contributed by atoms with van der Waals surface area (Å²) in [7, 11) is 0. The molecular formula is C26H31N5. The van der Waals surface area contributed by atoms with Crippen LogP contribution in [0.1, 0.15) is 40.6 Å². The first-order valence-corrected chi connectivity index (χ1v) is 10.9. The Labute approximate surface area is 184 Å². The number of rotatable bonds is 7. The van der Waals surface area contributed by atoms with Crippen molar-refractivity contribution in [1.29, 1.82) is 0 Å². The smallest absolute Gasteiger partial charge is 0.0972 e. The maximum absolute atomic E-state index is 4.96. The molecule has 0 atom stereocenters. The lowest BCUT2D eigenvalue weighted by atomic mass is 10.1.